The van der Waals surface area contributed by atoms with Crippen LogP contribution < -0.4 is 11.2 Å². The number of H-pyrrole nitrogens is 2. The summed E-state index contributed by atoms with van der Waals surface area (Å²) in [7, 11) is 0. The number of carbonyl (C=O) groups excluding carboxylic acids is 1. The molecule has 0 radical (unpaired) electrons. The number of fused-ring (bicyclic) bond motifs is 1. The Bertz CT molecular complexity index is 914. The summed E-state index contributed by atoms with van der Waals surface area (Å²) in [5.41, 5.74) is -0.859. The van der Waals surface area contributed by atoms with E-state index in [0.29, 0.717) is 32.0 Å². The molecule has 0 bridgehead atoms. The van der Waals surface area contributed by atoms with Crippen molar-refractivity contribution >= 4 is 5.91 Å². The number of hydrogen-bond acceptors (Lipinski definition) is 6. The minimum absolute atomic E-state index is 0.0464. The van der Waals surface area contributed by atoms with Gasteiger partial charge in [0.05, 0.1) is 13.0 Å². The summed E-state index contributed by atoms with van der Waals surface area (Å²) < 4.78 is 7.29. The predicted molar refractivity (Wildman–Crippen MR) is 94.5 cm³/mol. The van der Waals surface area contributed by atoms with Gasteiger partial charge in [-0.05, 0) is 12.8 Å². The molecule has 10 heteroatoms. The monoisotopic (exact) mass is 374 g/mol. The zero-order chi connectivity index (χ0) is 18.8. The first-order valence-corrected chi connectivity index (χ1v) is 9.20. The van der Waals surface area contributed by atoms with E-state index in [0.717, 1.165) is 37.7 Å². The van der Waals surface area contributed by atoms with E-state index in [1.807, 2.05) is 4.68 Å². The van der Waals surface area contributed by atoms with Gasteiger partial charge in [0.15, 0.2) is 5.82 Å². The van der Waals surface area contributed by atoms with E-state index in [2.05, 4.69) is 15.1 Å². The average Bonchev–Trinajstić information content (AvgIpc) is 2.98. The molecular formula is C17H22N6O4. The van der Waals surface area contributed by atoms with Crippen LogP contribution in [0, 0.1) is 0 Å². The topological polar surface area (TPSA) is 126 Å². The van der Waals surface area contributed by atoms with Crippen molar-refractivity contribution < 1.29 is 9.53 Å². The molecule has 27 heavy (non-hydrogen) atoms. The maximum absolute atomic E-state index is 12.6. The molecule has 0 atom stereocenters. The first-order chi connectivity index (χ1) is 13.1. The van der Waals surface area contributed by atoms with Gasteiger partial charge in [0.1, 0.15) is 5.82 Å². The zero-order valence-electron chi connectivity index (χ0n) is 14.9. The van der Waals surface area contributed by atoms with Crippen LogP contribution in [0.25, 0.3) is 0 Å². The molecule has 0 aromatic carbocycles. The molecule has 2 aromatic rings. The molecule has 1 amide bonds. The van der Waals surface area contributed by atoms with Crippen LogP contribution in [0.5, 0.6) is 0 Å². The zero-order valence-corrected chi connectivity index (χ0v) is 14.9. The SMILES string of the molecule is O=C(Cc1c[nH]c(=O)[nH]c1=O)N1CCc2nc(C3CCOCC3)nn2CC1. The Morgan fingerprint density at radius 3 is 2.81 bits per heavy atom. The van der Waals surface area contributed by atoms with Gasteiger partial charge in [-0.3, -0.25) is 14.6 Å². The summed E-state index contributed by atoms with van der Waals surface area (Å²) >= 11 is 0. The number of aromatic amines is 2. The number of aromatic nitrogens is 5. The van der Waals surface area contributed by atoms with Gasteiger partial charge >= 0.3 is 5.69 Å². The summed E-state index contributed by atoms with van der Waals surface area (Å²) in [5, 5.41) is 4.65. The Morgan fingerprint density at radius 1 is 1.22 bits per heavy atom. The average molecular weight is 374 g/mol. The third kappa shape index (κ3) is 3.85. The molecular weight excluding hydrogens is 352 g/mol. The van der Waals surface area contributed by atoms with E-state index in [4.69, 9.17) is 9.72 Å². The molecule has 0 aliphatic carbocycles. The summed E-state index contributed by atoms with van der Waals surface area (Å²) in [6, 6.07) is 0. The molecule has 4 rings (SSSR count). The van der Waals surface area contributed by atoms with Crippen molar-refractivity contribution in [3.8, 4) is 0 Å². The Balaban J connectivity index is 1.41. The highest BCUT2D eigenvalue weighted by atomic mass is 16.5. The third-order valence-corrected chi connectivity index (χ3v) is 5.13. The van der Waals surface area contributed by atoms with Crippen LogP contribution in [0.1, 0.15) is 36.0 Å². The van der Waals surface area contributed by atoms with Gasteiger partial charge < -0.3 is 14.6 Å². The summed E-state index contributed by atoms with van der Waals surface area (Å²) in [6.45, 7) is 3.14. The number of nitrogens with one attached hydrogen (secondary N) is 2. The van der Waals surface area contributed by atoms with Gasteiger partial charge in [0, 0.05) is 50.4 Å². The number of carbonyl (C=O) groups is 1. The Labute approximate surface area is 154 Å². The molecule has 2 aromatic heterocycles. The van der Waals surface area contributed by atoms with E-state index in [-0.39, 0.29) is 17.9 Å². The van der Waals surface area contributed by atoms with Gasteiger partial charge in [0.2, 0.25) is 5.91 Å². The minimum Gasteiger partial charge on any atom is -0.381 e. The fourth-order valence-electron chi connectivity index (χ4n) is 3.54. The lowest BCUT2D eigenvalue weighted by molar-refractivity contribution is -0.130. The maximum Gasteiger partial charge on any atom is 0.325 e. The van der Waals surface area contributed by atoms with Crippen molar-refractivity contribution in [2.24, 2.45) is 0 Å². The number of ether oxygens (including phenoxy) is 1. The molecule has 1 saturated heterocycles. The quantitative estimate of drug-likeness (QED) is 0.723. The second kappa shape index (κ2) is 7.47. The van der Waals surface area contributed by atoms with Crippen molar-refractivity contribution in [3.63, 3.8) is 0 Å². The molecule has 0 unspecified atom stereocenters. The molecule has 1 fully saturated rings. The number of amides is 1. The third-order valence-electron chi connectivity index (χ3n) is 5.13. The van der Waals surface area contributed by atoms with Gasteiger partial charge in [-0.25, -0.2) is 14.5 Å². The van der Waals surface area contributed by atoms with Crippen LogP contribution in [-0.2, 0) is 28.9 Å². The number of hydrogen-bond donors (Lipinski definition) is 2. The van der Waals surface area contributed by atoms with Gasteiger partial charge in [-0.1, -0.05) is 0 Å². The van der Waals surface area contributed by atoms with E-state index < -0.39 is 11.2 Å². The highest BCUT2D eigenvalue weighted by Gasteiger charge is 2.25. The molecule has 10 nitrogen and oxygen atoms in total. The maximum atomic E-state index is 12.6. The smallest absolute Gasteiger partial charge is 0.325 e. The molecule has 0 saturated carbocycles. The minimum atomic E-state index is -0.581. The number of nitrogens with zero attached hydrogens (tertiary/aromatic N) is 4. The Hall–Kier alpha value is -2.75. The highest BCUT2D eigenvalue weighted by Crippen LogP contribution is 2.25. The second-order valence-corrected chi connectivity index (χ2v) is 6.90. The Morgan fingerprint density at radius 2 is 2.04 bits per heavy atom. The van der Waals surface area contributed by atoms with Crippen LogP contribution >= 0.6 is 0 Å². The summed E-state index contributed by atoms with van der Waals surface area (Å²) in [5.74, 6) is 1.98. The first-order valence-electron chi connectivity index (χ1n) is 9.20. The molecule has 2 aliphatic heterocycles. The summed E-state index contributed by atoms with van der Waals surface area (Å²) in [6.07, 6.45) is 3.77. The van der Waals surface area contributed by atoms with E-state index in [1.165, 1.54) is 6.20 Å². The fraction of sp³-hybridized carbons (Fsp3) is 0.588. The molecule has 2 aliphatic rings. The van der Waals surface area contributed by atoms with Crippen LogP contribution in [0.3, 0.4) is 0 Å². The van der Waals surface area contributed by atoms with Crippen LogP contribution in [0.15, 0.2) is 15.8 Å². The van der Waals surface area contributed by atoms with E-state index >= 15 is 0 Å². The van der Waals surface area contributed by atoms with Gasteiger partial charge in [-0.15, -0.1) is 0 Å². The lowest BCUT2D eigenvalue weighted by atomic mass is 10.00. The molecule has 0 spiro atoms. The molecule has 4 heterocycles. The standard InChI is InChI=1S/C17H22N6O4/c24-14(9-12-10-18-17(26)20-16(12)25)22-4-1-13-19-15(21-23(13)6-5-22)11-2-7-27-8-3-11/h10-11H,1-9H2,(H2,18,20,25,26). The number of rotatable bonds is 3. The largest absolute Gasteiger partial charge is 0.381 e. The van der Waals surface area contributed by atoms with Crippen molar-refractivity contribution in [2.75, 3.05) is 26.3 Å². The van der Waals surface area contributed by atoms with E-state index in [9.17, 15) is 14.4 Å². The second-order valence-electron chi connectivity index (χ2n) is 6.90. The fourth-order valence-corrected chi connectivity index (χ4v) is 3.54. The van der Waals surface area contributed by atoms with Crippen LogP contribution in [-0.4, -0.2) is 61.8 Å². The molecule has 2 N–H and O–H groups in total. The first kappa shape index (κ1) is 17.7. The van der Waals surface area contributed by atoms with Gasteiger partial charge in [-0.2, -0.15) is 5.10 Å². The summed E-state index contributed by atoms with van der Waals surface area (Å²) in [4.78, 5) is 46.4. The lowest BCUT2D eigenvalue weighted by Gasteiger charge is -2.20. The van der Waals surface area contributed by atoms with Crippen molar-refractivity contribution in [1.29, 1.82) is 0 Å². The predicted octanol–water partition coefficient (Wildman–Crippen LogP) is -0.824. The van der Waals surface area contributed by atoms with Crippen LogP contribution in [0.4, 0.5) is 0 Å². The Kier molecular flexibility index (Phi) is 4.88. The normalized spacial score (nSPS) is 18.1. The molecule has 144 valence electrons. The van der Waals surface area contributed by atoms with Crippen molar-refractivity contribution in [3.05, 3.63) is 44.2 Å². The van der Waals surface area contributed by atoms with Crippen molar-refractivity contribution in [2.45, 2.75) is 38.1 Å². The van der Waals surface area contributed by atoms with Gasteiger partial charge in [0.25, 0.3) is 5.56 Å². The van der Waals surface area contributed by atoms with Crippen LogP contribution in [0.2, 0.25) is 0 Å². The van der Waals surface area contributed by atoms with Crippen molar-refractivity contribution in [1.82, 2.24) is 29.6 Å². The lowest BCUT2D eigenvalue weighted by Crippen LogP contribution is -2.36. The highest BCUT2D eigenvalue weighted by molar-refractivity contribution is 5.78. The van der Waals surface area contributed by atoms with E-state index in [1.54, 1.807) is 4.90 Å².